The third-order valence-electron chi connectivity index (χ3n) is 3.77. The Kier molecular flexibility index (Phi) is 4.48. The molecule has 4 nitrogen and oxygen atoms in total. The number of alkyl halides is 3. The van der Waals surface area contributed by atoms with Crippen molar-refractivity contribution in [2.75, 3.05) is 5.32 Å². The number of aromatic nitrogens is 2. The maximum Gasteiger partial charge on any atom is 0.435 e. The normalized spacial score (nSPS) is 13.9. The Morgan fingerprint density at radius 3 is 2.67 bits per heavy atom. The number of nitrogens with zero attached hydrogens (tertiary/aromatic N) is 2. The molecule has 1 heterocycles. The first-order valence-electron chi connectivity index (χ1n) is 7.16. The molecule has 0 fully saturated rings. The van der Waals surface area contributed by atoms with Crippen molar-refractivity contribution in [3.8, 4) is 0 Å². The zero-order chi connectivity index (χ0) is 17.5. The smallest absolute Gasteiger partial charge is 0.324 e. The number of halogens is 5. The van der Waals surface area contributed by atoms with Crippen molar-refractivity contribution in [1.29, 1.82) is 0 Å². The largest absolute Gasteiger partial charge is 0.435 e. The first kappa shape index (κ1) is 17.1. The number of hydrogen-bond donors (Lipinski definition) is 1. The number of carbonyl (C=O) groups is 1. The van der Waals surface area contributed by atoms with Crippen LogP contribution in [0.5, 0.6) is 0 Å². The third-order valence-corrected chi connectivity index (χ3v) is 4.51. The highest BCUT2D eigenvalue weighted by atomic mass is 35.5. The fourth-order valence-corrected chi connectivity index (χ4v) is 3.08. The summed E-state index contributed by atoms with van der Waals surface area (Å²) in [7, 11) is 0. The van der Waals surface area contributed by atoms with Crippen molar-refractivity contribution in [3.63, 3.8) is 0 Å². The van der Waals surface area contributed by atoms with Gasteiger partial charge in [-0.1, -0.05) is 23.2 Å². The zero-order valence-electron chi connectivity index (χ0n) is 12.3. The molecule has 0 aliphatic heterocycles. The van der Waals surface area contributed by atoms with E-state index in [9.17, 15) is 18.0 Å². The van der Waals surface area contributed by atoms with Gasteiger partial charge in [-0.2, -0.15) is 18.3 Å². The molecule has 1 aliphatic rings. The summed E-state index contributed by atoms with van der Waals surface area (Å²) in [6, 6.07) is 4.55. The number of benzene rings is 1. The van der Waals surface area contributed by atoms with Crippen LogP contribution in [0.1, 0.15) is 23.4 Å². The molecule has 0 saturated carbocycles. The molecular weight excluding hydrogens is 366 g/mol. The quantitative estimate of drug-likeness (QED) is 0.864. The second-order valence-electron chi connectivity index (χ2n) is 5.46. The molecule has 9 heteroatoms. The van der Waals surface area contributed by atoms with Crippen LogP contribution in [0.3, 0.4) is 0 Å². The van der Waals surface area contributed by atoms with Gasteiger partial charge in [0.15, 0.2) is 5.69 Å². The van der Waals surface area contributed by atoms with Crippen molar-refractivity contribution < 1.29 is 18.0 Å². The van der Waals surface area contributed by atoms with E-state index in [-0.39, 0.29) is 17.1 Å². The molecule has 3 rings (SSSR count). The van der Waals surface area contributed by atoms with Crippen LogP contribution in [0.15, 0.2) is 18.2 Å². The average molecular weight is 378 g/mol. The van der Waals surface area contributed by atoms with E-state index in [1.807, 2.05) is 0 Å². The molecule has 1 amide bonds. The molecule has 0 spiro atoms. The molecule has 0 saturated heterocycles. The number of rotatable bonds is 3. The Labute approximate surface area is 145 Å². The summed E-state index contributed by atoms with van der Waals surface area (Å²) in [4.78, 5) is 12.1. The van der Waals surface area contributed by atoms with Gasteiger partial charge < -0.3 is 5.32 Å². The Hall–Kier alpha value is -1.73. The molecule has 1 aliphatic carbocycles. The van der Waals surface area contributed by atoms with Gasteiger partial charge in [0, 0.05) is 16.9 Å². The van der Waals surface area contributed by atoms with Crippen molar-refractivity contribution in [1.82, 2.24) is 9.78 Å². The van der Waals surface area contributed by atoms with Gasteiger partial charge in [-0.3, -0.25) is 9.48 Å². The highest BCUT2D eigenvalue weighted by molar-refractivity contribution is 6.42. The van der Waals surface area contributed by atoms with Crippen LogP contribution in [-0.4, -0.2) is 15.7 Å². The minimum Gasteiger partial charge on any atom is -0.324 e. The van der Waals surface area contributed by atoms with E-state index in [2.05, 4.69) is 10.4 Å². The molecule has 0 bridgehead atoms. The summed E-state index contributed by atoms with van der Waals surface area (Å²) in [5, 5.41) is 6.79. The standard InChI is InChI=1S/C15H12Cl2F3N3O/c16-10-5-4-8(6-11(10)17)21-13(24)7-23-12-3-1-2-9(12)14(22-23)15(18,19)20/h4-6H,1-3,7H2,(H,21,24). The van der Waals surface area contributed by atoms with Gasteiger partial charge in [-0.15, -0.1) is 0 Å². The molecule has 0 radical (unpaired) electrons. The molecule has 1 aromatic carbocycles. The number of hydrogen-bond acceptors (Lipinski definition) is 2. The molecule has 2 aromatic rings. The van der Waals surface area contributed by atoms with Crippen LogP contribution in [-0.2, 0) is 30.4 Å². The molecule has 0 unspecified atom stereocenters. The SMILES string of the molecule is O=C(Cn1nc(C(F)(F)F)c2c1CCC2)Nc1ccc(Cl)c(Cl)c1. The molecular formula is C15H12Cl2F3N3O. The van der Waals surface area contributed by atoms with Gasteiger partial charge in [0.1, 0.15) is 6.54 Å². The van der Waals surface area contributed by atoms with Gasteiger partial charge in [-0.25, -0.2) is 0 Å². The zero-order valence-corrected chi connectivity index (χ0v) is 13.8. The Morgan fingerprint density at radius 1 is 1.25 bits per heavy atom. The monoisotopic (exact) mass is 377 g/mol. The summed E-state index contributed by atoms with van der Waals surface area (Å²) in [5.41, 5.74) is 0.197. The first-order chi connectivity index (χ1) is 11.3. The van der Waals surface area contributed by atoms with Crippen LogP contribution in [0, 0.1) is 0 Å². The van der Waals surface area contributed by atoms with Gasteiger partial charge >= 0.3 is 6.18 Å². The van der Waals surface area contributed by atoms with Gasteiger partial charge in [0.05, 0.1) is 10.0 Å². The Bertz CT molecular complexity index is 802. The van der Waals surface area contributed by atoms with E-state index in [1.165, 1.54) is 12.1 Å². The fourth-order valence-electron chi connectivity index (χ4n) is 2.78. The van der Waals surface area contributed by atoms with Crippen LogP contribution >= 0.6 is 23.2 Å². The number of nitrogens with one attached hydrogen (secondary N) is 1. The number of amides is 1. The van der Waals surface area contributed by atoms with Crippen LogP contribution in [0.2, 0.25) is 10.0 Å². The number of carbonyl (C=O) groups excluding carboxylic acids is 1. The van der Waals surface area contributed by atoms with Crippen molar-refractivity contribution in [2.45, 2.75) is 32.0 Å². The van der Waals surface area contributed by atoms with Crippen molar-refractivity contribution >= 4 is 34.8 Å². The summed E-state index contributed by atoms with van der Waals surface area (Å²) in [6.45, 7) is -0.293. The van der Waals surface area contributed by atoms with E-state index in [0.717, 1.165) is 4.68 Å². The summed E-state index contributed by atoms with van der Waals surface area (Å²) in [5.74, 6) is -0.487. The van der Waals surface area contributed by atoms with Crippen molar-refractivity contribution in [2.24, 2.45) is 0 Å². The van der Waals surface area contributed by atoms with E-state index < -0.39 is 17.8 Å². The minimum absolute atomic E-state index is 0.199. The fraction of sp³-hybridized carbons (Fsp3) is 0.333. The lowest BCUT2D eigenvalue weighted by molar-refractivity contribution is -0.142. The lowest BCUT2D eigenvalue weighted by Gasteiger charge is -2.08. The number of anilines is 1. The van der Waals surface area contributed by atoms with Crippen LogP contribution in [0.4, 0.5) is 18.9 Å². The van der Waals surface area contributed by atoms with E-state index >= 15 is 0 Å². The Morgan fingerprint density at radius 2 is 2.00 bits per heavy atom. The third kappa shape index (κ3) is 3.37. The highest BCUT2D eigenvalue weighted by Gasteiger charge is 2.40. The topological polar surface area (TPSA) is 46.9 Å². The maximum absolute atomic E-state index is 13.0. The summed E-state index contributed by atoms with van der Waals surface area (Å²) >= 11 is 11.7. The Balaban J connectivity index is 1.79. The van der Waals surface area contributed by atoms with Crippen LogP contribution < -0.4 is 5.32 Å². The first-order valence-corrected chi connectivity index (χ1v) is 7.92. The molecule has 128 valence electrons. The van der Waals surface area contributed by atoms with E-state index in [4.69, 9.17) is 23.2 Å². The van der Waals surface area contributed by atoms with E-state index in [0.29, 0.717) is 35.7 Å². The molecule has 1 N–H and O–H groups in total. The lowest BCUT2D eigenvalue weighted by atomic mass is 10.2. The predicted octanol–water partition coefficient (Wildman–Crippen LogP) is 4.34. The minimum atomic E-state index is -4.51. The molecule has 1 aromatic heterocycles. The van der Waals surface area contributed by atoms with Gasteiger partial charge in [-0.05, 0) is 37.5 Å². The van der Waals surface area contributed by atoms with Gasteiger partial charge in [0.25, 0.3) is 0 Å². The second kappa shape index (κ2) is 6.29. The van der Waals surface area contributed by atoms with Crippen LogP contribution in [0.25, 0.3) is 0 Å². The molecule has 0 atom stereocenters. The predicted molar refractivity (Wildman–Crippen MR) is 84.3 cm³/mol. The summed E-state index contributed by atoms with van der Waals surface area (Å²) in [6.07, 6.45) is -3.07. The highest BCUT2D eigenvalue weighted by Crippen LogP contribution is 2.36. The maximum atomic E-state index is 13.0. The van der Waals surface area contributed by atoms with E-state index in [1.54, 1.807) is 6.07 Å². The van der Waals surface area contributed by atoms with Gasteiger partial charge in [0.2, 0.25) is 5.91 Å². The lowest BCUT2D eigenvalue weighted by Crippen LogP contribution is -2.21. The number of fused-ring (bicyclic) bond motifs is 1. The van der Waals surface area contributed by atoms with Crippen molar-refractivity contribution in [3.05, 3.63) is 45.2 Å². The average Bonchev–Trinajstić information content (AvgIpc) is 3.06. The second-order valence-corrected chi connectivity index (χ2v) is 6.27. The molecule has 24 heavy (non-hydrogen) atoms. The summed E-state index contributed by atoms with van der Waals surface area (Å²) < 4.78 is 40.2.